The summed E-state index contributed by atoms with van der Waals surface area (Å²) in [5, 5.41) is 10.7. The largest absolute Gasteiger partial charge is 0.480 e. The van der Waals surface area contributed by atoms with Gasteiger partial charge >= 0.3 is 12.1 Å². The minimum Gasteiger partial charge on any atom is -0.480 e. The highest BCUT2D eigenvalue weighted by molar-refractivity contribution is 7.92. The Bertz CT molecular complexity index is 1260. The summed E-state index contributed by atoms with van der Waals surface area (Å²) in [6.45, 7) is 1.14. The molecule has 3 aromatic rings. The predicted molar refractivity (Wildman–Crippen MR) is 111 cm³/mol. The molecule has 0 unspecified atom stereocenters. The maximum atomic E-state index is 13.5. The molecule has 2 heterocycles. The normalized spacial score (nSPS) is 11.8. The van der Waals surface area contributed by atoms with Crippen LogP contribution < -0.4 is 10.0 Å². The van der Waals surface area contributed by atoms with Gasteiger partial charge in [0, 0.05) is 5.56 Å². The fraction of sp³-hybridized carbons (Fsp3) is 0.150. The molecule has 0 radical (unpaired) electrons. The van der Waals surface area contributed by atoms with Crippen LogP contribution in [-0.4, -0.2) is 36.0 Å². The van der Waals surface area contributed by atoms with E-state index in [-0.39, 0.29) is 17.2 Å². The number of aromatic nitrogens is 2. The average Bonchev–Trinajstić information content (AvgIpc) is 2.72. The monoisotopic (exact) mass is 466 g/mol. The molecule has 0 fully saturated rings. The third kappa shape index (κ3) is 5.32. The zero-order valence-electron chi connectivity index (χ0n) is 16.5. The van der Waals surface area contributed by atoms with Crippen LogP contribution in [0.25, 0.3) is 11.3 Å². The highest BCUT2D eigenvalue weighted by Gasteiger charge is 2.35. The molecule has 168 valence electrons. The van der Waals surface area contributed by atoms with Crippen LogP contribution in [0.15, 0.2) is 59.6 Å². The van der Waals surface area contributed by atoms with Gasteiger partial charge in [-0.1, -0.05) is 30.3 Å². The lowest BCUT2D eigenvalue weighted by atomic mass is 10.0. The Morgan fingerprint density at radius 2 is 1.72 bits per heavy atom. The topological polar surface area (TPSA) is 121 Å². The Morgan fingerprint density at radius 3 is 2.38 bits per heavy atom. The SMILES string of the molecule is Cc1ccccc1-c1nc(NS(=O)(=O)c2cccc(NCC(=O)O)n2)ccc1C(F)(F)F. The van der Waals surface area contributed by atoms with Gasteiger partial charge in [-0.2, -0.15) is 21.6 Å². The van der Waals surface area contributed by atoms with Gasteiger partial charge in [0.2, 0.25) is 0 Å². The number of hydrogen-bond acceptors (Lipinski definition) is 6. The van der Waals surface area contributed by atoms with Crippen molar-refractivity contribution in [1.82, 2.24) is 9.97 Å². The number of nitrogens with zero attached hydrogens (tertiary/aromatic N) is 2. The van der Waals surface area contributed by atoms with E-state index in [4.69, 9.17) is 5.11 Å². The van der Waals surface area contributed by atoms with Crippen LogP contribution in [0.4, 0.5) is 24.8 Å². The summed E-state index contributed by atoms with van der Waals surface area (Å²) in [6.07, 6.45) is -4.70. The molecule has 0 bridgehead atoms. The van der Waals surface area contributed by atoms with Gasteiger partial charge in [-0.3, -0.25) is 9.52 Å². The van der Waals surface area contributed by atoms with E-state index in [1.807, 2.05) is 0 Å². The van der Waals surface area contributed by atoms with Crippen LogP contribution >= 0.6 is 0 Å². The number of halogens is 3. The number of aliphatic carboxylic acids is 1. The Balaban J connectivity index is 1.99. The number of carbonyl (C=O) groups is 1. The number of carboxylic acids is 1. The summed E-state index contributed by atoms with van der Waals surface area (Å²) < 4.78 is 68.1. The van der Waals surface area contributed by atoms with E-state index in [9.17, 15) is 26.4 Å². The third-order valence-corrected chi connectivity index (χ3v) is 5.52. The summed E-state index contributed by atoms with van der Waals surface area (Å²) in [6, 6.07) is 11.8. The minimum absolute atomic E-state index is 0.00347. The zero-order chi connectivity index (χ0) is 23.5. The Morgan fingerprint density at radius 1 is 1.00 bits per heavy atom. The number of alkyl halides is 3. The first-order valence-corrected chi connectivity index (χ1v) is 10.6. The van der Waals surface area contributed by atoms with Crippen molar-refractivity contribution in [2.75, 3.05) is 16.6 Å². The Labute approximate surface area is 181 Å². The second-order valence-electron chi connectivity index (χ2n) is 6.62. The van der Waals surface area contributed by atoms with E-state index < -0.39 is 45.0 Å². The first-order valence-electron chi connectivity index (χ1n) is 9.07. The van der Waals surface area contributed by atoms with Crippen LogP contribution in [0.3, 0.4) is 0 Å². The second kappa shape index (κ2) is 8.83. The fourth-order valence-corrected chi connectivity index (χ4v) is 3.78. The molecule has 3 rings (SSSR count). The Hall–Kier alpha value is -3.67. The smallest absolute Gasteiger partial charge is 0.418 e. The lowest BCUT2D eigenvalue weighted by Gasteiger charge is -2.16. The maximum absolute atomic E-state index is 13.5. The first-order chi connectivity index (χ1) is 15.0. The van der Waals surface area contributed by atoms with Crippen LogP contribution in [0.1, 0.15) is 11.1 Å². The number of sulfonamides is 1. The molecular weight excluding hydrogens is 449 g/mol. The third-order valence-electron chi connectivity index (χ3n) is 4.26. The van der Waals surface area contributed by atoms with Crippen molar-refractivity contribution in [1.29, 1.82) is 0 Å². The summed E-state index contributed by atoms with van der Waals surface area (Å²) in [5.74, 6) is -1.51. The molecule has 8 nitrogen and oxygen atoms in total. The van der Waals surface area contributed by atoms with Gasteiger partial charge in [-0.05, 0) is 36.8 Å². The summed E-state index contributed by atoms with van der Waals surface area (Å²) in [4.78, 5) is 18.4. The molecule has 2 aromatic heterocycles. The van der Waals surface area contributed by atoms with Gasteiger partial charge < -0.3 is 10.4 Å². The van der Waals surface area contributed by atoms with Crippen molar-refractivity contribution in [3.63, 3.8) is 0 Å². The second-order valence-corrected chi connectivity index (χ2v) is 8.25. The summed E-state index contributed by atoms with van der Waals surface area (Å²) in [7, 11) is -4.32. The quantitative estimate of drug-likeness (QED) is 0.485. The average molecular weight is 466 g/mol. The highest BCUT2D eigenvalue weighted by atomic mass is 32.2. The van der Waals surface area contributed by atoms with Crippen molar-refractivity contribution in [2.45, 2.75) is 18.1 Å². The van der Waals surface area contributed by atoms with Crippen molar-refractivity contribution >= 4 is 27.6 Å². The molecule has 12 heteroatoms. The van der Waals surface area contributed by atoms with Crippen LogP contribution in [-0.2, 0) is 21.0 Å². The predicted octanol–water partition coefficient (Wildman–Crippen LogP) is 3.77. The van der Waals surface area contributed by atoms with E-state index in [2.05, 4.69) is 20.0 Å². The number of carboxylic acid groups (broad SMARTS) is 1. The van der Waals surface area contributed by atoms with Gasteiger partial charge in [-0.15, -0.1) is 0 Å². The van der Waals surface area contributed by atoms with E-state index in [0.29, 0.717) is 5.56 Å². The molecule has 0 aliphatic heterocycles. The molecule has 0 saturated heterocycles. The summed E-state index contributed by atoms with van der Waals surface area (Å²) in [5.41, 5.74) is -0.684. The van der Waals surface area contributed by atoms with Gasteiger partial charge in [0.05, 0.1) is 11.3 Å². The molecule has 0 aliphatic rings. The van der Waals surface area contributed by atoms with Crippen molar-refractivity contribution in [3.05, 3.63) is 65.7 Å². The van der Waals surface area contributed by atoms with Gasteiger partial charge in [0.15, 0.2) is 5.03 Å². The zero-order valence-corrected chi connectivity index (χ0v) is 17.3. The molecular formula is C20H17F3N4O4S. The minimum atomic E-state index is -4.70. The Kier molecular flexibility index (Phi) is 6.35. The lowest BCUT2D eigenvalue weighted by Crippen LogP contribution is -2.18. The molecule has 0 spiro atoms. The number of aryl methyl sites for hydroxylation is 1. The fourth-order valence-electron chi connectivity index (χ4n) is 2.81. The van der Waals surface area contributed by atoms with E-state index in [1.54, 1.807) is 25.1 Å². The molecule has 0 aliphatic carbocycles. The van der Waals surface area contributed by atoms with E-state index in [1.165, 1.54) is 18.2 Å². The highest BCUT2D eigenvalue weighted by Crippen LogP contribution is 2.38. The number of pyridine rings is 2. The first kappa shape index (κ1) is 23.0. The number of hydrogen-bond donors (Lipinski definition) is 3. The van der Waals surface area contributed by atoms with E-state index >= 15 is 0 Å². The molecule has 0 atom stereocenters. The van der Waals surface area contributed by atoms with Crippen LogP contribution in [0.5, 0.6) is 0 Å². The number of anilines is 2. The lowest BCUT2D eigenvalue weighted by molar-refractivity contribution is -0.137. The molecule has 32 heavy (non-hydrogen) atoms. The van der Waals surface area contributed by atoms with E-state index in [0.717, 1.165) is 18.2 Å². The van der Waals surface area contributed by atoms with Crippen molar-refractivity contribution < 1.29 is 31.5 Å². The molecule has 0 amide bonds. The molecule has 0 saturated carbocycles. The van der Waals surface area contributed by atoms with Crippen molar-refractivity contribution in [2.24, 2.45) is 0 Å². The standard InChI is InChI=1S/C20H17F3N4O4S/c1-12-5-2-3-6-13(12)19-14(20(21,22)23)9-10-16(26-19)27-32(30,31)17-8-4-7-15(25-17)24-11-18(28)29/h2-10H,11H2,1H3,(H,24,25)(H,26,27)(H,28,29). The number of rotatable bonds is 7. The number of benzene rings is 1. The maximum Gasteiger partial charge on any atom is 0.418 e. The van der Waals surface area contributed by atoms with Crippen LogP contribution in [0, 0.1) is 6.92 Å². The van der Waals surface area contributed by atoms with Gasteiger partial charge in [0.1, 0.15) is 18.2 Å². The number of nitrogens with one attached hydrogen (secondary N) is 2. The van der Waals surface area contributed by atoms with Crippen LogP contribution in [0.2, 0.25) is 0 Å². The molecule has 1 aromatic carbocycles. The van der Waals surface area contributed by atoms with Gasteiger partial charge in [-0.25, -0.2) is 9.97 Å². The summed E-state index contributed by atoms with van der Waals surface area (Å²) >= 11 is 0. The van der Waals surface area contributed by atoms with Crippen molar-refractivity contribution in [3.8, 4) is 11.3 Å². The molecule has 3 N–H and O–H groups in total. The van der Waals surface area contributed by atoms with Gasteiger partial charge in [0.25, 0.3) is 10.0 Å².